The van der Waals surface area contributed by atoms with Crippen LogP contribution >= 0.6 is 0 Å². The first-order valence-electron chi connectivity index (χ1n) is 5.97. The van der Waals surface area contributed by atoms with Gasteiger partial charge in [-0.25, -0.2) is 9.07 Å². The molecule has 0 bridgehead atoms. The first kappa shape index (κ1) is 12.8. The number of aryl methyl sites for hydroxylation is 1. The SMILES string of the molecule is Cc1cc(C(C)(C)CN)nn1-c1ccc(F)cc1. The maximum Gasteiger partial charge on any atom is 0.123 e. The Bertz CT molecular complexity index is 541. The van der Waals surface area contributed by atoms with E-state index in [4.69, 9.17) is 5.73 Å². The number of hydrogen-bond donors (Lipinski definition) is 1. The van der Waals surface area contributed by atoms with Crippen LogP contribution in [0.1, 0.15) is 25.2 Å². The molecule has 1 aromatic carbocycles. The standard InChI is InChI=1S/C14H18FN3/c1-10-8-13(14(2,3)9-16)17-18(10)12-6-4-11(15)5-7-12/h4-8H,9,16H2,1-3H3. The molecule has 0 amide bonds. The molecule has 0 aliphatic carbocycles. The lowest BCUT2D eigenvalue weighted by molar-refractivity contribution is 0.515. The number of benzene rings is 1. The Balaban J connectivity index is 2.44. The van der Waals surface area contributed by atoms with Crippen LogP contribution in [0.25, 0.3) is 5.69 Å². The number of rotatable bonds is 3. The van der Waals surface area contributed by atoms with Crippen molar-refractivity contribution in [1.29, 1.82) is 0 Å². The third kappa shape index (κ3) is 2.29. The van der Waals surface area contributed by atoms with Crippen molar-refractivity contribution >= 4 is 0 Å². The molecule has 2 aromatic rings. The van der Waals surface area contributed by atoms with Gasteiger partial charge in [-0.05, 0) is 37.3 Å². The Morgan fingerprint density at radius 3 is 2.44 bits per heavy atom. The molecule has 0 saturated carbocycles. The molecule has 0 aliphatic rings. The van der Waals surface area contributed by atoms with E-state index in [9.17, 15) is 4.39 Å². The Morgan fingerprint density at radius 1 is 1.28 bits per heavy atom. The van der Waals surface area contributed by atoms with Crippen LogP contribution in [0.4, 0.5) is 4.39 Å². The second-order valence-corrected chi connectivity index (χ2v) is 5.15. The third-order valence-electron chi connectivity index (χ3n) is 3.16. The molecule has 96 valence electrons. The van der Waals surface area contributed by atoms with Crippen LogP contribution in [0.3, 0.4) is 0 Å². The molecule has 18 heavy (non-hydrogen) atoms. The van der Waals surface area contributed by atoms with E-state index in [2.05, 4.69) is 18.9 Å². The summed E-state index contributed by atoms with van der Waals surface area (Å²) in [5, 5.41) is 4.57. The van der Waals surface area contributed by atoms with Gasteiger partial charge in [0.25, 0.3) is 0 Å². The van der Waals surface area contributed by atoms with E-state index in [1.165, 1.54) is 12.1 Å². The Kier molecular flexibility index (Phi) is 3.22. The summed E-state index contributed by atoms with van der Waals surface area (Å²) in [6.45, 7) is 6.63. The zero-order valence-corrected chi connectivity index (χ0v) is 10.9. The number of hydrogen-bond acceptors (Lipinski definition) is 2. The highest BCUT2D eigenvalue weighted by Crippen LogP contribution is 2.23. The van der Waals surface area contributed by atoms with Gasteiger partial charge in [-0.3, -0.25) is 0 Å². The van der Waals surface area contributed by atoms with Crippen molar-refractivity contribution < 1.29 is 4.39 Å². The number of nitrogens with two attached hydrogens (primary N) is 1. The van der Waals surface area contributed by atoms with E-state index >= 15 is 0 Å². The second kappa shape index (κ2) is 4.53. The molecular weight excluding hydrogens is 229 g/mol. The Labute approximate surface area is 106 Å². The van der Waals surface area contributed by atoms with E-state index in [1.807, 2.05) is 17.7 Å². The van der Waals surface area contributed by atoms with Gasteiger partial charge in [0, 0.05) is 17.7 Å². The predicted molar refractivity (Wildman–Crippen MR) is 70.3 cm³/mol. The molecule has 1 heterocycles. The highest BCUT2D eigenvalue weighted by Gasteiger charge is 2.22. The molecule has 0 unspecified atom stereocenters. The minimum absolute atomic E-state index is 0.157. The van der Waals surface area contributed by atoms with Crippen LogP contribution < -0.4 is 5.73 Å². The minimum Gasteiger partial charge on any atom is -0.330 e. The lowest BCUT2D eigenvalue weighted by Crippen LogP contribution is -2.28. The summed E-state index contributed by atoms with van der Waals surface area (Å²) in [5.41, 5.74) is 8.42. The topological polar surface area (TPSA) is 43.8 Å². The number of nitrogens with zero attached hydrogens (tertiary/aromatic N) is 2. The summed E-state index contributed by atoms with van der Waals surface area (Å²) in [6.07, 6.45) is 0. The molecule has 1 aromatic heterocycles. The molecule has 3 nitrogen and oxygen atoms in total. The molecule has 0 fully saturated rings. The average molecular weight is 247 g/mol. The van der Waals surface area contributed by atoms with Gasteiger partial charge in [0.2, 0.25) is 0 Å². The van der Waals surface area contributed by atoms with Crippen LogP contribution in [0.2, 0.25) is 0 Å². The van der Waals surface area contributed by atoms with Gasteiger partial charge in [-0.15, -0.1) is 0 Å². The van der Waals surface area contributed by atoms with Crippen molar-refractivity contribution in [3.05, 3.63) is 47.5 Å². The molecule has 2 rings (SSSR count). The normalized spacial score (nSPS) is 11.8. The van der Waals surface area contributed by atoms with Crippen molar-refractivity contribution in [2.45, 2.75) is 26.2 Å². The van der Waals surface area contributed by atoms with Gasteiger partial charge in [0.05, 0.1) is 11.4 Å². The second-order valence-electron chi connectivity index (χ2n) is 5.15. The Hall–Kier alpha value is -1.68. The van der Waals surface area contributed by atoms with E-state index < -0.39 is 0 Å². The molecular formula is C14H18FN3. The van der Waals surface area contributed by atoms with Crippen LogP contribution in [-0.2, 0) is 5.41 Å². The summed E-state index contributed by atoms with van der Waals surface area (Å²) in [5.74, 6) is -0.244. The molecule has 0 aliphatic heterocycles. The van der Waals surface area contributed by atoms with Gasteiger partial charge in [-0.1, -0.05) is 13.8 Å². The van der Waals surface area contributed by atoms with Crippen molar-refractivity contribution in [1.82, 2.24) is 9.78 Å². The van der Waals surface area contributed by atoms with E-state index in [-0.39, 0.29) is 11.2 Å². The van der Waals surface area contributed by atoms with Crippen molar-refractivity contribution in [2.75, 3.05) is 6.54 Å². The fourth-order valence-electron chi connectivity index (χ4n) is 1.75. The molecule has 0 spiro atoms. The summed E-state index contributed by atoms with van der Waals surface area (Å²) < 4.78 is 14.7. The summed E-state index contributed by atoms with van der Waals surface area (Å²) in [6, 6.07) is 8.33. The van der Waals surface area contributed by atoms with Crippen molar-refractivity contribution in [3.8, 4) is 5.69 Å². The van der Waals surface area contributed by atoms with E-state index in [1.54, 1.807) is 12.1 Å². The first-order valence-corrected chi connectivity index (χ1v) is 5.97. The highest BCUT2D eigenvalue weighted by atomic mass is 19.1. The largest absolute Gasteiger partial charge is 0.330 e. The average Bonchev–Trinajstić information content (AvgIpc) is 2.73. The predicted octanol–water partition coefficient (Wildman–Crippen LogP) is 2.56. The minimum atomic E-state index is -0.244. The fraction of sp³-hybridized carbons (Fsp3) is 0.357. The van der Waals surface area contributed by atoms with Gasteiger partial charge in [0.15, 0.2) is 0 Å². The first-order chi connectivity index (χ1) is 8.44. The maximum absolute atomic E-state index is 12.9. The lowest BCUT2D eigenvalue weighted by atomic mass is 9.90. The van der Waals surface area contributed by atoms with Crippen molar-refractivity contribution in [2.24, 2.45) is 5.73 Å². The molecule has 0 atom stereocenters. The summed E-state index contributed by atoms with van der Waals surface area (Å²) in [7, 11) is 0. The number of halogens is 1. The zero-order valence-electron chi connectivity index (χ0n) is 10.9. The van der Waals surface area contributed by atoms with Crippen LogP contribution in [0.15, 0.2) is 30.3 Å². The summed E-state index contributed by atoms with van der Waals surface area (Å²) in [4.78, 5) is 0. The summed E-state index contributed by atoms with van der Waals surface area (Å²) >= 11 is 0. The molecule has 0 radical (unpaired) electrons. The van der Waals surface area contributed by atoms with E-state index in [0.717, 1.165) is 17.1 Å². The third-order valence-corrected chi connectivity index (χ3v) is 3.16. The Morgan fingerprint density at radius 2 is 1.89 bits per heavy atom. The maximum atomic E-state index is 12.9. The monoisotopic (exact) mass is 247 g/mol. The van der Waals surface area contributed by atoms with Gasteiger partial charge < -0.3 is 5.73 Å². The van der Waals surface area contributed by atoms with Gasteiger partial charge in [0.1, 0.15) is 5.82 Å². The molecule has 4 heteroatoms. The zero-order chi connectivity index (χ0) is 13.3. The van der Waals surface area contributed by atoms with Gasteiger partial charge >= 0.3 is 0 Å². The quantitative estimate of drug-likeness (QED) is 0.905. The lowest BCUT2D eigenvalue weighted by Gasteiger charge is -2.19. The molecule has 0 saturated heterocycles. The number of aromatic nitrogens is 2. The van der Waals surface area contributed by atoms with Crippen LogP contribution in [-0.4, -0.2) is 16.3 Å². The smallest absolute Gasteiger partial charge is 0.123 e. The van der Waals surface area contributed by atoms with E-state index in [0.29, 0.717) is 6.54 Å². The van der Waals surface area contributed by atoms with Crippen LogP contribution in [0, 0.1) is 12.7 Å². The van der Waals surface area contributed by atoms with Crippen molar-refractivity contribution in [3.63, 3.8) is 0 Å². The fourth-order valence-corrected chi connectivity index (χ4v) is 1.75. The van der Waals surface area contributed by atoms with Crippen LogP contribution in [0.5, 0.6) is 0 Å². The van der Waals surface area contributed by atoms with Gasteiger partial charge in [-0.2, -0.15) is 5.10 Å². The molecule has 2 N–H and O–H groups in total. The highest BCUT2D eigenvalue weighted by molar-refractivity contribution is 5.34.